The van der Waals surface area contributed by atoms with Gasteiger partial charge in [0, 0.05) is 24.9 Å². The zero-order valence-corrected chi connectivity index (χ0v) is 12.6. The number of sulfone groups is 1. The number of rotatable bonds is 9. The van der Waals surface area contributed by atoms with Crippen molar-refractivity contribution in [2.45, 2.75) is 45.6 Å². The molecule has 108 valence electrons. The minimum Gasteiger partial charge on any atom is -0.315 e. The van der Waals surface area contributed by atoms with Gasteiger partial charge in [-0.3, -0.25) is 4.90 Å². The van der Waals surface area contributed by atoms with Crippen LogP contribution < -0.4 is 5.32 Å². The first-order valence-corrected chi connectivity index (χ1v) is 9.06. The molecular weight excluding hydrogens is 248 g/mol. The summed E-state index contributed by atoms with van der Waals surface area (Å²) < 4.78 is 23.4. The lowest BCUT2D eigenvalue weighted by Gasteiger charge is -2.24. The molecule has 0 aromatic heterocycles. The molecule has 18 heavy (non-hydrogen) atoms. The van der Waals surface area contributed by atoms with Gasteiger partial charge >= 0.3 is 0 Å². The Morgan fingerprint density at radius 3 is 2.67 bits per heavy atom. The molecule has 1 aliphatic rings. The van der Waals surface area contributed by atoms with Gasteiger partial charge < -0.3 is 5.32 Å². The van der Waals surface area contributed by atoms with Crippen molar-refractivity contribution in [2.75, 3.05) is 37.7 Å². The lowest BCUT2D eigenvalue weighted by molar-refractivity contribution is 0.261. The smallest absolute Gasteiger partial charge is 0.151 e. The monoisotopic (exact) mass is 276 g/mol. The molecule has 1 N–H and O–H groups in total. The highest BCUT2D eigenvalue weighted by Gasteiger charge is 2.25. The topological polar surface area (TPSA) is 49.4 Å². The lowest BCUT2D eigenvalue weighted by atomic mass is 10.2. The molecule has 0 amide bonds. The van der Waals surface area contributed by atoms with Gasteiger partial charge in [-0.2, -0.15) is 0 Å². The van der Waals surface area contributed by atoms with Crippen LogP contribution in [-0.4, -0.2) is 57.0 Å². The van der Waals surface area contributed by atoms with Crippen molar-refractivity contribution in [1.29, 1.82) is 0 Å². The van der Waals surface area contributed by atoms with E-state index in [1.807, 2.05) is 6.92 Å². The van der Waals surface area contributed by atoms with E-state index in [0.29, 0.717) is 24.1 Å². The van der Waals surface area contributed by atoms with Crippen molar-refractivity contribution in [3.63, 3.8) is 0 Å². The van der Waals surface area contributed by atoms with Crippen LogP contribution in [0.1, 0.15) is 39.5 Å². The molecule has 0 spiro atoms. The summed E-state index contributed by atoms with van der Waals surface area (Å²) in [4.78, 5) is 2.34. The van der Waals surface area contributed by atoms with E-state index in [-0.39, 0.29) is 0 Å². The molecule has 0 saturated carbocycles. The summed E-state index contributed by atoms with van der Waals surface area (Å²) in [6, 6.07) is 0.536. The summed E-state index contributed by atoms with van der Waals surface area (Å²) in [5.41, 5.74) is 0. The molecule has 0 aliphatic carbocycles. The average Bonchev–Trinajstić information content (AvgIpc) is 2.75. The molecule has 1 heterocycles. The number of likely N-dealkylation sites (tertiary alicyclic amines) is 1. The van der Waals surface area contributed by atoms with Crippen molar-refractivity contribution >= 4 is 9.84 Å². The SMILES string of the molecule is CCCNCC1CCCN1CCS(=O)(=O)CCC. The Bertz CT molecular complexity index is 317. The van der Waals surface area contributed by atoms with Gasteiger partial charge in [0.15, 0.2) is 9.84 Å². The van der Waals surface area contributed by atoms with Gasteiger partial charge in [0.2, 0.25) is 0 Å². The van der Waals surface area contributed by atoms with Crippen molar-refractivity contribution < 1.29 is 8.42 Å². The number of hydrogen-bond acceptors (Lipinski definition) is 4. The standard InChI is InChI=1S/C13H28N2O2S/c1-3-7-14-12-13-6-5-8-15(13)9-11-18(16,17)10-4-2/h13-14H,3-12H2,1-2H3. The fourth-order valence-electron chi connectivity index (χ4n) is 2.54. The van der Waals surface area contributed by atoms with E-state index >= 15 is 0 Å². The zero-order valence-electron chi connectivity index (χ0n) is 11.8. The predicted molar refractivity (Wildman–Crippen MR) is 76.7 cm³/mol. The van der Waals surface area contributed by atoms with Crippen molar-refractivity contribution in [3.8, 4) is 0 Å². The molecule has 0 bridgehead atoms. The highest BCUT2D eigenvalue weighted by Crippen LogP contribution is 2.16. The van der Waals surface area contributed by atoms with Crippen LogP contribution in [0.3, 0.4) is 0 Å². The second-order valence-electron chi connectivity index (χ2n) is 5.19. The van der Waals surface area contributed by atoms with Gasteiger partial charge in [0.05, 0.1) is 5.75 Å². The lowest BCUT2D eigenvalue weighted by Crippen LogP contribution is -2.40. The maximum atomic E-state index is 11.7. The number of nitrogens with one attached hydrogen (secondary N) is 1. The third-order valence-corrected chi connectivity index (χ3v) is 5.35. The second kappa shape index (κ2) is 8.12. The van der Waals surface area contributed by atoms with Gasteiger partial charge in [0.1, 0.15) is 0 Å². The van der Waals surface area contributed by atoms with E-state index in [9.17, 15) is 8.42 Å². The molecule has 0 radical (unpaired) electrons. The largest absolute Gasteiger partial charge is 0.315 e. The van der Waals surface area contributed by atoms with Gasteiger partial charge in [-0.05, 0) is 38.8 Å². The summed E-state index contributed by atoms with van der Waals surface area (Å²) >= 11 is 0. The fourth-order valence-corrected chi connectivity index (χ4v) is 3.87. The Kier molecular flexibility index (Phi) is 7.19. The number of nitrogens with zero attached hydrogens (tertiary/aromatic N) is 1. The Balaban J connectivity index is 2.31. The quantitative estimate of drug-likeness (QED) is 0.645. The molecular formula is C13H28N2O2S. The first-order chi connectivity index (χ1) is 8.59. The molecule has 1 atom stereocenters. The van der Waals surface area contributed by atoms with E-state index in [1.165, 1.54) is 12.8 Å². The molecule has 0 aromatic carbocycles. The first-order valence-electron chi connectivity index (χ1n) is 7.24. The summed E-state index contributed by atoms with van der Waals surface area (Å²) in [5, 5.41) is 3.44. The molecule has 5 heteroatoms. The average molecular weight is 276 g/mol. The van der Waals surface area contributed by atoms with Crippen LogP contribution in [0.4, 0.5) is 0 Å². The van der Waals surface area contributed by atoms with Crippen LogP contribution >= 0.6 is 0 Å². The Labute approximate surface area is 112 Å². The van der Waals surface area contributed by atoms with Crippen molar-refractivity contribution in [2.24, 2.45) is 0 Å². The summed E-state index contributed by atoms with van der Waals surface area (Å²) in [5.74, 6) is 0.657. The van der Waals surface area contributed by atoms with Crippen LogP contribution in [0.15, 0.2) is 0 Å². The normalized spacial score (nSPS) is 21.6. The molecule has 1 aliphatic heterocycles. The minimum atomic E-state index is -2.83. The Hall–Kier alpha value is -0.130. The van der Waals surface area contributed by atoms with E-state index in [2.05, 4.69) is 17.1 Å². The molecule has 0 aromatic rings. The van der Waals surface area contributed by atoms with Crippen LogP contribution in [-0.2, 0) is 9.84 Å². The summed E-state index contributed by atoms with van der Waals surface area (Å²) in [6.45, 7) is 7.91. The minimum absolute atomic E-state index is 0.325. The van der Waals surface area contributed by atoms with Gasteiger partial charge in [-0.25, -0.2) is 8.42 Å². The molecule has 4 nitrogen and oxygen atoms in total. The van der Waals surface area contributed by atoms with Crippen molar-refractivity contribution in [1.82, 2.24) is 10.2 Å². The molecule has 1 fully saturated rings. The van der Waals surface area contributed by atoms with Gasteiger partial charge in [-0.15, -0.1) is 0 Å². The van der Waals surface area contributed by atoms with E-state index in [1.54, 1.807) is 0 Å². The molecule has 1 saturated heterocycles. The second-order valence-corrected chi connectivity index (χ2v) is 7.49. The maximum absolute atomic E-state index is 11.7. The van der Waals surface area contributed by atoms with Crippen LogP contribution in [0, 0.1) is 0 Å². The first kappa shape index (κ1) is 15.9. The van der Waals surface area contributed by atoms with Gasteiger partial charge in [-0.1, -0.05) is 13.8 Å². The summed E-state index contributed by atoms with van der Waals surface area (Å²) in [7, 11) is -2.83. The number of hydrogen-bond donors (Lipinski definition) is 1. The highest BCUT2D eigenvalue weighted by molar-refractivity contribution is 7.91. The zero-order chi connectivity index (χ0) is 13.4. The third-order valence-electron chi connectivity index (χ3n) is 3.51. The predicted octanol–water partition coefficient (Wildman–Crippen LogP) is 1.28. The summed E-state index contributed by atoms with van der Waals surface area (Å²) in [6.07, 6.45) is 4.28. The Morgan fingerprint density at radius 2 is 2.00 bits per heavy atom. The van der Waals surface area contributed by atoms with Crippen molar-refractivity contribution in [3.05, 3.63) is 0 Å². The Morgan fingerprint density at radius 1 is 1.22 bits per heavy atom. The highest BCUT2D eigenvalue weighted by atomic mass is 32.2. The molecule has 1 rings (SSSR count). The van der Waals surface area contributed by atoms with Gasteiger partial charge in [0.25, 0.3) is 0 Å². The maximum Gasteiger partial charge on any atom is 0.151 e. The van der Waals surface area contributed by atoms with Crippen LogP contribution in [0.5, 0.6) is 0 Å². The third kappa shape index (κ3) is 5.67. The van der Waals surface area contributed by atoms with E-state index in [4.69, 9.17) is 0 Å². The van der Waals surface area contributed by atoms with Crippen LogP contribution in [0.2, 0.25) is 0 Å². The molecule has 1 unspecified atom stereocenters. The van der Waals surface area contributed by atoms with E-state index < -0.39 is 9.84 Å². The van der Waals surface area contributed by atoms with Crippen LogP contribution in [0.25, 0.3) is 0 Å². The fraction of sp³-hybridized carbons (Fsp3) is 1.00. The van der Waals surface area contributed by atoms with E-state index in [0.717, 1.165) is 32.5 Å².